The van der Waals surface area contributed by atoms with Crippen LogP contribution in [0.1, 0.15) is 12.5 Å². The van der Waals surface area contributed by atoms with Gasteiger partial charge in [0, 0.05) is 11.8 Å². The highest BCUT2D eigenvalue weighted by atomic mass is 35.5. The minimum Gasteiger partial charge on any atom is -0.479 e. The van der Waals surface area contributed by atoms with Crippen LogP contribution in [0.25, 0.3) is 0 Å². The molecule has 11 heteroatoms. The molecule has 0 aliphatic rings. The van der Waals surface area contributed by atoms with Gasteiger partial charge in [-0.25, -0.2) is 9.18 Å². The molecule has 0 saturated carbocycles. The van der Waals surface area contributed by atoms with Crippen LogP contribution in [0.4, 0.5) is 34.6 Å². The monoisotopic (exact) mass is 498 g/mol. The maximum absolute atomic E-state index is 14.3. The van der Waals surface area contributed by atoms with Crippen molar-refractivity contribution < 1.29 is 36.6 Å². The van der Waals surface area contributed by atoms with Crippen LogP contribution in [-0.4, -0.2) is 19.2 Å². The van der Waals surface area contributed by atoms with Crippen molar-refractivity contribution >= 4 is 34.6 Å². The van der Waals surface area contributed by atoms with Gasteiger partial charge in [0.15, 0.2) is 17.7 Å². The third-order valence-electron chi connectivity index (χ3n) is 4.55. The third kappa shape index (κ3) is 6.02. The molecule has 34 heavy (non-hydrogen) atoms. The highest BCUT2D eigenvalue weighted by Gasteiger charge is 2.32. The van der Waals surface area contributed by atoms with Gasteiger partial charge >= 0.3 is 12.1 Å². The zero-order chi connectivity index (χ0) is 25.0. The summed E-state index contributed by atoms with van der Waals surface area (Å²) in [6, 6.07) is 11.8. The van der Waals surface area contributed by atoms with Crippen LogP contribution in [0.3, 0.4) is 0 Å². The topological polar surface area (TPSA) is 82.8 Å². The molecule has 3 N–H and O–H groups in total. The number of methoxy groups -OCH3 is 1. The van der Waals surface area contributed by atoms with Gasteiger partial charge in [0.2, 0.25) is 0 Å². The molecule has 0 amide bonds. The Morgan fingerprint density at radius 2 is 1.71 bits per heavy atom. The van der Waals surface area contributed by atoms with Crippen molar-refractivity contribution in [2.24, 2.45) is 0 Å². The van der Waals surface area contributed by atoms with Crippen LogP contribution >= 0.6 is 11.6 Å². The molecule has 0 aromatic heterocycles. The van der Waals surface area contributed by atoms with Gasteiger partial charge in [0.05, 0.1) is 29.1 Å². The van der Waals surface area contributed by atoms with E-state index in [1.165, 1.54) is 25.3 Å². The molecule has 6 nitrogen and oxygen atoms in total. The van der Waals surface area contributed by atoms with E-state index in [1.807, 2.05) is 0 Å². The molecule has 3 rings (SSSR count). The first-order chi connectivity index (χ1) is 16.0. The zero-order valence-electron chi connectivity index (χ0n) is 17.9. The minimum absolute atomic E-state index is 0.0871. The highest BCUT2D eigenvalue weighted by Crippen LogP contribution is 2.39. The lowest BCUT2D eigenvalue weighted by Crippen LogP contribution is -2.24. The van der Waals surface area contributed by atoms with Crippen molar-refractivity contribution in [3.8, 4) is 17.2 Å². The number of hydrogen-bond donors (Lipinski definition) is 2. The summed E-state index contributed by atoms with van der Waals surface area (Å²) in [4.78, 5) is 11.5. The van der Waals surface area contributed by atoms with E-state index in [4.69, 9.17) is 26.8 Å². The Morgan fingerprint density at radius 3 is 2.29 bits per heavy atom. The van der Waals surface area contributed by atoms with Gasteiger partial charge in [0.1, 0.15) is 11.5 Å². The zero-order valence-corrected chi connectivity index (χ0v) is 18.6. The van der Waals surface area contributed by atoms with Gasteiger partial charge in [-0.05, 0) is 55.5 Å². The molecule has 0 heterocycles. The third-order valence-corrected chi connectivity index (χ3v) is 4.83. The average molecular weight is 499 g/mol. The van der Waals surface area contributed by atoms with E-state index in [2.05, 4.69) is 10.1 Å². The van der Waals surface area contributed by atoms with Crippen LogP contribution < -0.4 is 20.5 Å². The van der Waals surface area contributed by atoms with E-state index in [0.29, 0.717) is 34.9 Å². The second-order valence-electron chi connectivity index (χ2n) is 7.05. The number of ether oxygens (including phenoxy) is 3. The molecule has 0 spiro atoms. The predicted molar refractivity (Wildman–Crippen MR) is 119 cm³/mol. The molecule has 0 bridgehead atoms. The maximum Gasteiger partial charge on any atom is 0.416 e. The van der Waals surface area contributed by atoms with E-state index >= 15 is 0 Å². The van der Waals surface area contributed by atoms with E-state index in [1.54, 1.807) is 31.2 Å². The van der Waals surface area contributed by atoms with Gasteiger partial charge in [-0.1, -0.05) is 11.6 Å². The van der Waals surface area contributed by atoms with Crippen molar-refractivity contribution in [2.45, 2.75) is 19.2 Å². The number of anilines is 3. The van der Waals surface area contributed by atoms with E-state index in [9.17, 15) is 22.4 Å². The number of carbonyl (C=O) groups is 1. The van der Waals surface area contributed by atoms with E-state index < -0.39 is 40.4 Å². The fraction of sp³-hybridized carbons (Fsp3) is 0.174. The summed E-state index contributed by atoms with van der Waals surface area (Å²) in [6.07, 6.45) is -5.54. The van der Waals surface area contributed by atoms with Crippen LogP contribution in [0, 0.1) is 5.82 Å². The Balaban J connectivity index is 1.77. The van der Waals surface area contributed by atoms with Gasteiger partial charge in [0.25, 0.3) is 0 Å². The van der Waals surface area contributed by atoms with Gasteiger partial charge in [-0.2, -0.15) is 13.2 Å². The summed E-state index contributed by atoms with van der Waals surface area (Å²) in [5.41, 5.74) is 6.07. The van der Waals surface area contributed by atoms with E-state index in [-0.39, 0.29) is 5.75 Å². The van der Waals surface area contributed by atoms with Crippen molar-refractivity contribution in [1.29, 1.82) is 0 Å². The first-order valence-electron chi connectivity index (χ1n) is 9.73. The summed E-state index contributed by atoms with van der Waals surface area (Å²) in [5, 5.41) is 2.51. The number of carbonyl (C=O) groups excluding carboxylic acids is 1. The molecule has 3 aromatic rings. The summed E-state index contributed by atoms with van der Waals surface area (Å²) < 4.78 is 68.2. The Morgan fingerprint density at radius 1 is 1.06 bits per heavy atom. The van der Waals surface area contributed by atoms with E-state index in [0.717, 1.165) is 0 Å². The quantitative estimate of drug-likeness (QED) is 0.218. The lowest BCUT2D eigenvalue weighted by molar-refractivity contribution is -0.148. The number of nitrogens with one attached hydrogen (secondary N) is 1. The molecular weight excluding hydrogens is 480 g/mol. The number of esters is 1. The number of nitrogen functional groups attached to an aromatic ring is 1. The molecule has 0 radical (unpaired) electrons. The lowest BCUT2D eigenvalue weighted by Gasteiger charge is -2.15. The smallest absolute Gasteiger partial charge is 0.416 e. The SMILES string of the molecule is COC(=O)C(C)Oc1ccc(Nc2cc(Oc3c(F)cc(C(F)(F)F)cc3Cl)ccc2N)cc1. The Labute approximate surface area is 197 Å². The number of halogens is 5. The minimum atomic E-state index is -4.75. The highest BCUT2D eigenvalue weighted by molar-refractivity contribution is 6.32. The maximum atomic E-state index is 14.3. The van der Waals surface area contributed by atoms with Gasteiger partial charge in [-0.3, -0.25) is 0 Å². The molecule has 0 aliphatic heterocycles. The Hall–Kier alpha value is -3.66. The molecule has 180 valence electrons. The van der Waals surface area contributed by atoms with Crippen LogP contribution in [-0.2, 0) is 15.7 Å². The first kappa shape index (κ1) is 25.0. The normalized spacial score (nSPS) is 12.1. The van der Waals surface area contributed by atoms with Crippen LogP contribution in [0.5, 0.6) is 17.2 Å². The second-order valence-corrected chi connectivity index (χ2v) is 7.46. The van der Waals surface area contributed by atoms with Crippen molar-refractivity contribution in [3.05, 3.63) is 71.0 Å². The number of nitrogens with two attached hydrogens (primary N) is 1. The fourth-order valence-electron chi connectivity index (χ4n) is 2.84. The van der Waals surface area contributed by atoms with Gasteiger partial charge < -0.3 is 25.3 Å². The molecule has 3 aromatic carbocycles. The summed E-state index contributed by atoms with van der Waals surface area (Å²) >= 11 is 5.82. The Kier molecular flexibility index (Phi) is 7.41. The van der Waals surface area contributed by atoms with Gasteiger partial charge in [-0.15, -0.1) is 0 Å². The summed E-state index contributed by atoms with van der Waals surface area (Å²) in [6.45, 7) is 1.55. The molecule has 0 fully saturated rings. The standard InChI is InChI=1S/C23H19ClF4N2O4/c1-12(22(31)32-2)33-15-5-3-14(4-6-15)30-20-11-16(7-8-19(20)29)34-21-17(24)9-13(10-18(21)25)23(26,27)28/h3-12,30H,29H2,1-2H3. The van der Waals surface area contributed by atoms with Crippen molar-refractivity contribution in [2.75, 3.05) is 18.2 Å². The number of hydrogen-bond acceptors (Lipinski definition) is 6. The molecule has 1 atom stereocenters. The predicted octanol–water partition coefficient (Wildman–Crippen LogP) is 6.56. The van der Waals surface area contributed by atoms with Crippen molar-refractivity contribution in [1.82, 2.24) is 0 Å². The summed E-state index contributed by atoms with van der Waals surface area (Å²) in [7, 11) is 1.26. The molecule has 0 saturated heterocycles. The first-order valence-corrected chi connectivity index (χ1v) is 10.1. The Bertz CT molecular complexity index is 1160. The second kappa shape index (κ2) is 10.1. The van der Waals surface area contributed by atoms with Crippen molar-refractivity contribution in [3.63, 3.8) is 0 Å². The number of alkyl halides is 3. The number of benzene rings is 3. The number of rotatable bonds is 7. The largest absolute Gasteiger partial charge is 0.479 e. The van der Waals surface area contributed by atoms with Crippen LogP contribution in [0.2, 0.25) is 5.02 Å². The van der Waals surface area contributed by atoms with Crippen LogP contribution in [0.15, 0.2) is 54.6 Å². The average Bonchev–Trinajstić information content (AvgIpc) is 2.78. The lowest BCUT2D eigenvalue weighted by atomic mass is 10.2. The fourth-order valence-corrected chi connectivity index (χ4v) is 3.08. The summed E-state index contributed by atoms with van der Waals surface area (Å²) in [5.74, 6) is -1.81. The molecular formula is C23H19ClF4N2O4. The molecule has 1 unspecified atom stereocenters. The molecule has 0 aliphatic carbocycles.